The summed E-state index contributed by atoms with van der Waals surface area (Å²) in [7, 11) is 0. The number of aromatic amines is 1. The molecule has 8 heteroatoms. The van der Waals surface area contributed by atoms with E-state index in [1.54, 1.807) is 4.90 Å². The van der Waals surface area contributed by atoms with E-state index in [1.807, 2.05) is 0 Å². The van der Waals surface area contributed by atoms with Crippen molar-refractivity contribution in [3.63, 3.8) is 0 Å². The second kappa shape index (κ2) is 6.97. The van der Waals surface area contributed by atoms with Gasteiger partial charge in [-0.2, -0.15) is 0 Å². The van der Waals surface area contributed by atoms with Gasteiger partial charge in [0.2, 0.25) is 5.82 Å². The summed E-state index contributed by atoms with van der Waals surface area (Å²) in [6, 6.07) is 0. The Kier molecular flexibility index (Phi) is 5.03. The van der Waals surface area contributed by atoms with Crippen molar-refractivity contribution < 1.29 is 14.7 Å². The van der Waals surface area contributed by atoms with Crippen LogP contribution in [0.5, 0.6) is 0 Å². The fourth-order valence-corrected chi connectivity index (χ4v) is 2.27. The third-order valence-corrected chi connectivity index (χ3v) is 3.40. The number of azo groups is 1. The predicted octanol–water partition coefficient (Wildman–Crippen LogP) is 2.50. The molecule has 2 rings (SSSR count). The Balaban J connectivity index is 2.20. The molecule has 0 unspecified atom stereocenters. The second-order valence-electron chi connectivity index (χ2n) is 5.14. The molecule has 118 valence electrons. The number of nitrogens with zero attached hydrogens (tertiary/aromatic N) is 4. The quantitative estimate of drug-likeness (QED) is 0.505. The highest BCUT2D eigenvalue weighted by Gasteiger charge is 2.22. The van der Waals surface area contributed by atoms with Crippen LogP contribution in [0.3, 0.4) is 0 Å². The van der Waals surface area contributed by atoms with Crippen molar-refractivity contribution in [1.82, 2.24) is 14.9 Å². The number of allylic oxidation sites excluding steroid dienone is 2. The van der Waals surface area contributed by atoms with Crippen molar-refractivity contribution in [3.05, 3.63) is 23.5 Å². The van der Waals surface area contributed by atoms with Crippen LogP contribution in [-0.2, 0) is 4.79 Å². The fraction of sp³-hybridized carbons (Fsp3) is 0.500. The Bertz CT molecular complexity index is 622. The molecule has 0 aromatic carbocycles. The van der Waals surface area contributed by atoms with Crippen LogP contribution in [0, 0.1) is 0 Å². The minimum absolute atomic E-state index is 0.107. The maximum atomic E-state index is 12.4. The highest BCUT2D eigenvalue weighted by Crippen LogP contribution is 2.20. The van der Waals surface area contributed by atoms with E-state index in [-0.39, 0.29) is 28.9 Å². The highest BCUT2D eigenvalue weighted by molar-refractivity contribution is 5.96. The Labute approximate surface area is 128 Å². The van der Waals surface area contributed by atoms with Crippen molar-refractivity contribution >= 4 is 17.5 Å². The van der Waals surface area contributed by atoms with Gasteiger partial charge in [-0.3, -0.25) is 9.59 Å². The number of aliphatic hydroxyl groups excluding tert-OH is 1. The van der Waals surface area contributed by atoms with Crippen molar-refractivity contribution in [2.24, 2.45) is 10.2 Å². The highest BCUT2D eigenvalue weighted by atomic mass is 16.3. The van der Waals surface area contributed by atoms with Crippen molar-refractivity contribution in [1.29, 1.82) is 0 Å². The first-order chi connectivity index (χ1) is 10.5. The lowest BCUT2D eigenvalue weighted by Gasteiger charge is -2.26. The van der Waals surface area contributed by atoms with E-state index in [9.17, 15) is 14.7 Å². The van der Waals surface area contributed by atoms with E-state index in [4.69, 9.17) is 0 Å². The number of aliphatic hydroxyl groups is 1. The number of ketones is 1. The number of carbonyl (C=O) groups is 2. The van der Waals surface area contributed by atoms with E-state index >= 15 is 0 Å². The van der Waals surface area contributed by atoms with E-state index in [0.717, 1.165) is 19.3 Å². The number of aromatic nitrogens is 2. The second-order valence-corrected chi connectivity index (χ2v) is 5.14. The Morgan fingerprint density at radius 1 is 1.27 bits per heavy atom. The van der Waals surface area contributed by atoms with Crippen LogP contribution < -0.4 is 0 Å². The molecule has 1 aromatic heterocycles. The number of hydrogen-bond donors (Lipinski definition) is 2. The number of nitrogens with one attached hydrogen (secondary N) is 1. The molecule has 0 bridgehead atoms. The lowest BCUT2D eigenvalue weighted by Crippen LogP contribution is -2.35. The lowest BCUT2D eigenvalue weighted by molar-refractivity contribution is -0.113. The van der Waals surface area contributed by atoms with Crippen molar-refractivity contribution in [3.8, 4) is 0 Å². The van der Waals surface area contributed by atoms with Gasteiger partial charge < -0.3 is 15.0 Å². The molecule has 0 aliphatic carbocycles. The van der Waals surface area contributed by atoms with Gasteiger partial charge in [0.25, 0.3) is 5.91 Å². The SMILES string of the molecule is CC(=O)/C(N=Nc1nc[nH]c1C(=O)N1CCCCC1)=C(\C)O. The summed E-state index contributed by atoms with van der Waals surface area (Å²) in [5.41, 5.74) is 0.0866. The van der Waals surface area contributed by atoms with Crippen LogP contribution in [0.15, 0.2) is 28.0 Å². The monoisotopic (exact) mass is 305 g/mol. The Morgan fingerprint density at radius 2 is 1.95 bits per heavy atom. The first-order valence-corrected chi connectivity index (χ1v) is 7.16. The van der Waals surface area contributed by atoms with Crippen LogP contribution in [0.1, 0.15) is 43.6 Å². The molecule has 1 fully saturated rings. The van der Waals surface area contributed by atoms with Gasteiger partial charge in [0, 0.05) is 20.0 Å². The molecule has 2 N–H and O–H groups in total. The molecule has 0 radical (unpaired) electrons. The molecule has 8 nitrogen and oxygen atoms in total. The number of piperidine rings is 1. The minimum atomic E-state index is -0.414. The van der Waals surface area contributed by atoms with Gasteiger partial charge in [0.15, 0.2) is 17.2 Å². The molecule has 1 saturated heterocycles. The average Bonchev–Trinajstić information content (AvgIpc) is 2.95. The van der Waals surface area contributed by atoms with Gasteiger partial charge in [-0.25, -0.2) is 4.98 Å². The number of Topliss-reactive ketones (excluding diaryl/α,β-unsaturated/α-hetero) is 1. The number of carbonyl (C=O) groups excluding carboxylic acids is 2. The molecule has 1 aliphatic heterocycles. The first-order valence-electron chi connectivity index (χ1n) is 7.16. The van der Waals surface area contributed by atoms with Gasteiger partial charge in [-0.05, 0) is 26.2 Å². The maximum absolute atomic E-state index is 12.4. The van der Waals surface area contributed by atoms with E-state index in [2.05, 4.69) is 20.2 Å². The zero-order valence-corrected chi connectivity index (χ0v) is 12.7. The molecule has 1 aliphatic rings. The number of amides is 1. The molecular formula is C14H19N5O3. The number of hydrogen-bond acceptors (Lipinski definition) is 6. The minimum Gasteiger partial charge on any atom is -0.510 e. The van der Waals surface area contributed by atoms with E-state index < -0.39 is 5.78 Å². The van der Waals surface area contributed by atoms with E-state index in [1.165, 1.54) is 20.2 Å². The van der Waals surface area contributed by atoms with Crippen LogP contribution in [0.2, 0.25) is 0 Å². The molecule has 0 atom stereocenters. The normalized spacial score (nSPS) is 16.7. The van der Waals surface area contributed by atoms with Crippen LogP contribution in [0.25, 0.3) is 0 Å². The van der Waals surface area contributed by atoms with Gasteiger partial charge in [-0.1, -0.05) is 0 Å². The standard InChI is InChI=1S/C14H19N5O3/c1-9(20)11(10(2)21)17-18-13-12(15-8-16-13)14(22)19-6-4-3-5-7-19/h8,20H,3-7H2,1-2H3,(H,15,16)/b11-9-,18-17?. The molecule has 1 aromatic rings. The lowest BCUT2D eigenvalue weighted by atomic mass is 10.1. The van der Waals surface area contributed by atoms with Crippen molar-refractivity contribution in [2.75, 3.05) is 13.1 Å². The zero-order chi connectivity index (χ0) is 16.1. The van der Waals surface area contributed by atoms with Gasteiger partial charge in [-0.15, -0.1) is 10.2 Å². The molecular weight excluding hydrogens is 286 g/mol. The Morgan fingerprint density at radius 3 is 2.55 bits per heavy atom. The van der Waals surface area contributed by atoms with Gasteiger partial charge in [0.1, 0.15) is 5.76 Å². The number of rotatable bonds is 4. The number of imidazole rings is 1. The van der Waals surface area contributed by atoms with Gasteiger partial charge >= 0.3 is 0 Å². The topological polar surface area (TPSA) is 111 Å². The summed E-state index contributed by atoms with van der Waals surface area (Å²) < 4.78 is 0. The summed E-state index contributed by atoms with van der Waals surface area (Å²) in [4.78, 5) is 32.2. The molecule has 22 heavy (non-hydrogen) atoms. The summed E-state index contributed by atoms with van der Waals surface area (Å²) in [5, 5.41) is 16.9. The molecule has 0 saturated carbocycles. The Hall–Kier alpha value is -2.51. The summed E-state index contributed by atoms with van der Waals surface area (Å²) in [6.07, 6.45) is 4.45. The molecule has 1 amide bonds. The predicted molar refractivity (Wildman–Crippen MR) is 78.9 cm³/mol. The van der Waals surface area contributed by atoms with Crippen molar-refractivity contribution in [2.45, 2.75) is 33.1 Å². The van der Waals surface area contributed by atoms with Gasteiger partial charge in [0.05, 0.1) is 6.33 Å². The summed E-state index contributed by atoms with van der Waals surface area (Å²) in [5.74, 6) is -0.713. The third kappa shape index (κ3) is 3.57. The molecule has 0 spiro atoms. The fourth-order valence-electron chi connectivity index (χ4n) is 2.27. The average molecular weight is 305 g/mol. The largest absolute Gasteiger partial charge is 0.510 e. The zero-order valence-electron chi connectivity index (χ0n) is 12.7. The summed E-state index contributed by atoms with van der Waals surface area (Å²) in [6.45, 7) is 4.05. The van der Waals surface area contributed by atoms with E-state index in [0.29, 0.717) is 13.1 Å². The van der Waals surface area contributed by atoms with Crippen LogP contribution in [-0.4, -0.2) is 44.8 Å². The number of H-pyrrole nitrogens is 1. The molecule has 2 heterocycles. The smallest absolute Gasteiger partial charge is 0.274 e. The number of likely N-dealkylation sites (tertiary alicyclic amines) is 1. The van der Waals surface area contributed by atoms with Crippen LogP contribution in [0.4, 0.5) is 5.82 Å². The maximum Gasteiger partial charge on any atom is 0.274 e. The summed E-state index contributed by atoms with van der Waals surface area (Å²) >= 11 is 0. The third-order valence-electron chi connectivity index (χ3n) is 3.40. The van der Waals surface area contributed by atoms with Crippen LogP contribution >= 0.6 is 0 Å². The first kappa shape index (κ1) is 15.9.